The summed E-state index contributed by atoms with van der Waals surface area (Å²) in [4.78, 5) is 29.3. The molecule has 0 bridgehead atoms. The molecule has 30 heavy (non-hydrogen) atoms. The molecule has 0 aliphatic rings. The Bertz CT molecular complexity index is 1190. The van der Waals surface area contributed by atoms with Crippen LogP contribution in [-0.4, -0.2) is 44.8 Å². The maximum Gasteiger partial charge on any atom is 0.270 e. The minimum atomic E-state index is -1.15. The van der Waals surface area contributed by atoms with Gasteiger partial charge in [0.25, 0.3) is 11.8 Å². The SMILES string of the molecule is O=C(NC(CO)C(=O)Nc1cc(-c2ccccc2)[nH]n1)c1ccc2ccccc2n1. The standard InChI is InChI=1S/C22H19N5O3/c28-13-19(24-21(29)17-11-10-15-8-4-5-9-16(15)23-17)22(30)25-20-12-18(26-27-20)14-6-2-1-3-7-14/h1-12,19,28H,13H2,(H,24,29)(H2,25,26,27,30). The quantitative estimate of drug-likeness (QED) is 0.395. The third-order valence-corrected chi connectivity index (χ3v) is 4.55. The number of nitrogens with one attached hydrogen (secondary N) is 3. The van der Waals surface area contributed by atoms with E-state index in [1.807, 2.05) is 48.5 Å². The Morgan fingerprint density at radius 3 is 2.57 bits per heavy atom. The minimum absolute atomic E-state index is 0.158. The molecule has 2 amide bonds. The van der Waals surface area contributed by atoms with Gasteiger partial charge in [0.2, 0.25) is 0 Å². The van der Waals surface area contributed by atoms with Gasteiger partial charge < -0.3 is 15.7 Å². The Kier molecular flexibility index (Phi) is 5.49. The molecule has 4 rings (SSSR count). The van der Waals surface area contributed by atoms with E-state index in [0.29, 0.717) is 5.52 Å². The molecule has 0 aliphatic carbocycles. The number of carbonyl (C=O) groups excluding carboxylic acids is 2. The fourth-order valence-corrected chi connectivity index (χ4v) is 2.98. The number of hydrogen-bond donors (Lipinski definition) is 4. The summed E-state index contributed by atoms with van der Waals surface area (Å²) < 4.78 is 0. The highest BCUT2D eigenvalue weighted by molar-refractivity contribution is 6.01. The van der Waals surface area contributed by atoms with E-state index in [1.54, 1.807) is 24.3 Å². The third-order valence-electron chi connectivity index (χ3n) is 4.55. The number of H-pyrrole nitrogens is 1. The van der Waals surface area contributed by atoms with Crippen LogP contribution in [0.2, 0.25) is 0 Å². The summed E-state index contributed by atoms with van der Waals surface area (Å²) in [5, 5.41) is 22.5. The first-order valence-corrected chi connectivity index (χ1v) is 9.33. The van der Waals surface area contributed by atoms with Gasteiger partial charge in [-0.15, -0.1) is 0 Å². The highest BCUT2D eigenvalue weighted by Gasteiger charge is 2.22. The van der Waals surface area contributed by atoms with Crippen LogP contribution in [0.4, 0.5) is 5.82 Å². The van der Waals surface area contributed by atoms with Crippen LogP contribution in [0, 0.1) is 0 Å². The van der Waals surface area contributed by atoms with Crippen molar-refractivity contribution in [1.82, 2.24) is 20.5 Å². The lowest BCUT2D eigenvalue weighted by Gasteiger charge is -2.15. The van der Waals surface area contributed by atoms with Crippen LogP contribution in [0.3, 0.4) is 0 Å². The van der Waals surface area contributed by atoms with Crippen molar-refractivity contribution in [1.29, 1.82) is 0 Å². The van der Waals surface area contributed by atoms with Gasteiger partial charge in [-0.25, -0.2) is 4.98 Å². The van der Waals surface area contributed by atoms with E-state index in [4.69, 9.17) is 0 Å². The highest BCUT2D eigenvalue weighted by atomic mass is 16.3. The van der Waals surface area contributed by atoms with Gasteiger partial charge >= 0.3 is 0 Å². The molecule has 150 valence electrons. The summed E-state index contributed by atoms with van der Waals surface area (Å²) in [5.74, 6) is -0.852. The van der Waals surface area contributed by atoms with E-state index in [2.05, 4.69) is 25.8 Å². The zero-order chi connectivity index (χ0) is 20.9. The number of carbonyl (C=O) groups is 2. The third kappa shape index (κ3) is 4.18. The highest BCUT2D eigenvalue weighted by Crippen LogP contribution is 2.19. The van der Waals surface area contributed by atoms with E-state index < -0.39 is 24.5 Å². The van der Waals surface area contributed by atoms with Gasteiger partial charge in [0.15, 0.2) is 5.82 Å². The molecule has 1 unspecified atom stereocenters. The molecule has 2 heterocycles. The maximum atomic E-state index is 12.5. The molecule has 2 aromatic heterocycles. The van der Waals surface area contributed by atoms with Crippen molar-refractivity contribution in [3.05, 3.63) is 78.5 Å². The second-order valence-corrected chi connectivity index (χ2v) is 6.62. The number of rotatable bonds is 6. The molecule has 8 nitrogen and oxygen atoms in total. The van der Waals surface area contributed by atoms with Crippen LogP contribution in [0.1, 0.15) is 10.5 Å². The largest absolute Gasteiger partial charge is 0.394 e. The topological polar surface area (TPSA) is 120 Å². The lowest BCUT2D eigenvalue weighted by Crippen LogP contribution is -2.46. The van der Waals surface area contributed by atoms with Gasteiger partial charge in [0, 0.05) is 11.5 Å². The summed E-state index contributed by atoms with van der Waals surface area (Å²) in [6.07, 6.45) is 0. The van der Waals surface area contributed by atoms with E-state index in [9.17, 15) is 14.7 Å². The average Bonchev–Trinajstić information content (AvgIpc) is 3.26. The van der Waals surface area contributed by atoms with E-state index in [0.717, 1.165) is 16.6 Å². The summed E-state index contributed by atoms with van der Waals surface area (Å²) in [7, 11) is 0. The van der Waals surface area contributed by atoms with Crippen LogP contribution >= 0.6 is 0 Å². The molecular formula is C22H19N5O3. The molecule has 0 saturated carbocycles. The number of aromatic amines is 1. The van der Waals surface area contributed by atoms with Crippen molar-refractivity contribution in [2.24, 2.45) is 0 Å². The molecule has 0 radical (unpaired) electrons. The van der Waals surface area contributed by atoms with Crippen LogP contribution in [-0.2, 0) is 4.79 Å². The Balaban J connectivity index is 1.43. The Hall–Kier alpha value is -4.04. The van der Waals surface area contributed by atoms with Gasteiger partial charge in [-0.1, -0.05) is 54.6 Å². The predicted molar refractivity (Wildman–Crippen MR) is 113 cm³/mol. The molecule has 2 aromatic carbocycles. The van der Waals surface area contributed by atoms with E-state index in [-0.39, 0.29) is 11.5 Å². The molecule has 4 aromatic rings. The molecule has 0 spiro atoms. The number of pyridine rings is 1. The maximum absolute atomic E-state index is 12.5. The molecule has 0 saturated heterocycles. The number of anilines is 1. The number of aliphatic hydroxyl groups is 1. The van der Waals surface area contributed by atoms with E-state index in [1.165, 1.54) is 0 Å². The summed E-state index contributed by atoms with van der Waals surface area (Å²) >= 11 is 0. The summed E-state index contributed by atoms with van der Waals surface area (Å²) in [6, 6.07) is 20.8. The molecule has 0 fully saturated rings. The smallest absolute Gasteiger partial charge is 0.270 e. The monoisotopic (exact) mass is 401 g/mol. The predicted octanol–water partition coefficient (Wildman–Crippen LogP) is 2.35. The lowest BCUT2D eigenvalue weighted by atomic mass is 10.1. The van der Waals surface area contributed by atoms with Gasteiger partial charge in [-0.2, -0.15) is 5.10 Å². The van der Waals surface area contributed by atoms with Gasteiger partial charge in [-0.05, 0) is 17.7 Å². The number of nitrogens with zero attached hydrogens (tertiary/aromatic N) is 2. The Morgan fingerprint density at radius 1 is 1.00 bits per heavy atom. The zero-order valence-electron chi connectivity index (χ0n) is 15.9. The second-order valence-electron chi connectivity index (χ2n) is 6.62. The van der Waals surface area contributed by atoms with Gasteiger partial charge in [0.05, 0.1) is 17.8 Å². The normalized spacial score (nSPS) is 11.8. The molecule has 4 N–H and O–H groups in total. The number of aromatic nitrogens is 3. The van der Waals surface area contributed by atoms with Crippen molar-refractivity contribution >= 4 is 28.5 Å². The van der Waals surface area contributed by atoms with Gasteiger partial charge in [-0.3, -0.25) is 14.7 Å². The first-order chi connectivity index (χ1) is 14.6. The summed E-state index contributed by atoms with van der Waals surface area (Å²) in [5.41, 5.74) is 2.47. The summed E-state index contributed by atoms with van der Waals surface area (Å²) in [6.45, 7) is -0.568. The van der Waals surface area contributed by atoms with Crippen molar-refractivity contribution in [3.8, 4) is 11.3 Å². The first-order valence-electron chi connectivity index (χ1n) is 9.33. The fraction of sp³-hybridized carbons (Fsp3) is 0.0909. The lowest BCUT2D eigenvalue weighted by molar-refractivity contribution is -0.118. The molecule has 8 heteroatoms. The van der Waals surface area contributed by atoms with Crippen LogP contribution in [0.15, 0.2) is 72.8 Å². The zero-order valence-corrected chi connectivity index (χ0v) is 15.9. The number of fused-ring (bicyclic) bond motifs is 1. The molecule has 0 aliphatic heterocycles. The Labute approximate surface area is 172 Å². The number of aliphatic hydroxyl groups excluding tert-OH is 1. The first kappa shape index (κ1) is 19.3. The second kappa shape index (κ2) is 8.54. The van der Waals surface area contributed by atoms with Crippen molar-refractivity contribution < 1.29 is 14.7 Å². The molecular weight excluding hydrogens is 382 g/mol. The average molecular weight is 401 g/mol. The minimum Gasteiger partial charge on any atom is -0.394 e. The van der Waals surface area contributed by atoms with Crippen LogP contribution in [0.5, 0.6) is 0 Å². The van der Waals surface area contributed by atoms with Crippen molar-refractivity contribution in [2.75, 3.05) is 11.9 Å². The van der Waals surface area contributed by atoms with Crippen molar-refractivity contribution in [2.45, 2.75) is 6.04 Å². The van der Waals surface area contributed by atoms with Crippen LogP contribution < -0.4 is 10.6 Å². The number of amides is 2. The number of para-hydroxylation sites is 1. The van der Waals surface area contributed by atoms with E-state index >= 15 is 0 Å². The van der Waals surface area contributed by atoms with Crippen LogP contribution in [0.25, 0.3) is 22.2 Å². The van der Waals surface area contributed by atoms with Gasteiger partial charge in [0.1, 0.15) is 11.7 Å². The number of benzene rings is 2. The number of hydrogen-bond acceptors (Lipinski definition) is 5. The van der Waals surface area contributed by atoms with Crippen molar-refractivity contribution in [3.63, 3.8) is 0 Å². The Morgan fingerprint density at radius 2 is 1.77 bits per heavy atom. The fourth-order valence-electron chi connectivity index (χ4n) is 2.98. The molecule has 1 atom stereocenters.